The molecule has 3 rings (SSSR count). The molecule has 0 spiro atoms. The summed E-state index contributed by atoms with van der Waals surface area (Å²) in [4.78, 5) is 12.5. The van der Waals surface area contributed by atoms with E-state index in [1.165, 1.54) is 5.56 Å². The number of benzene rings is 2. The quantitative estimate of drug-likeness (QED) is 0.844. The Hall–Kier alpha value is -1.36. The van der Waals surface area contributed by atoms with E-state index in [2.05, 4.69) is 32.6 Å². The Morgan fingerprint density at radius 2 is 2.14 bits per heavy atom. The van der Waals surface area contributed by atoms with E-state index >= 15 is 0 Å². The fourth-order valence-corrected chi connectivity index (χ4v) is 3.05. The summed E-state index contributed by atoms with van der Waals surface area (Å²) in [6.45, 7) is 1.71. The Labute approximate surface area is 136 Å². The molecule has 0 saturated carbocycles. The molecule has 0 atom stereocenters. The Bertz CT molecular complexity index is 703. The molecule has 1 aliphatic rings. The number of rotatable bonds is 2. The predicted molar refractivity (Wildman–Crippen MR) is 89.0 cm³/mol. The van der Waals surface area contributed by atoms with Crippen molar-refractivity contribution in [3.05, 3.63) is 62.6 Å². The minimum absolute atomic E-state index is 0.117. The third-order valence-electron chi connectivity index (χ3n) is 3.56. The molecule has 0 radical (unpaired) electrons. The highest BCUT2D eigenvalue weighted by Crippen LogP contribution is 2.27. The maximum Gasteiger partial charge on any atom is 0.255 e. The van der Waals surface area contributed by atoms with Gasteiger partial charge in [0, 0.05) is 16.6 Å². The Morgan fingerprint density at radius 3 is 3.00 bits per heavy atom. The molecule has 3 nitrogen and oxygen atoms in total. The van der Waals surface area contributed by atoms with Crippen molar-refractivity contribution in [1.82, 2.24) is 5.32 Å². The van der Waals surface area contributed by atoms with Crippen LogP contribution in [0.1, 0.15) is 21.5 Å². The molecule has 0 aliphatic carbocycles. The van der Waals surface area contributed by atoms with E-state index < -0.39 is 0 Å². The van der Waals surface area contributed by atoms with Crippen LogP contribution in [0.15, 0.2) is 40.9 Å². The Balaban J connectivity index is 1.91. The number of hydrogen-bond acceptors (Lipinski definition) is 2. The molecule has 0 unspecified atom stereocenters. The van der Waals surface area contributed by atoms with E-state index in [-0.39, 0.29) is 5.91 Å². The molecule has 1 aliphatic heterocycles. The van der Waals surface area contributed by atoms with Crippen LogP contribution in [0.2, 0.25) is 5.02 Å². The lowest BCUT2D eigenvalue weighted by atomic mass is 9.95. The number of fused-ring (bicyclic) bond motifs is 1. The second kappa shape index (κ2) is 6.18. The third kappa shape index (κ3) is 3.12. The Kier molecular flexibility index (Phi) is 4.29. The molecule has 21 heavy (non-hydrogen) atoms. The fourth-order valence-electron chi connectivity index (χ4n) is 2.53. The first-order valence-electron chi connectivity index (χ1n) is 6.73. The van der Waals surface area contributed by atoms with E-state index in [0.29, 0.717) is 10.7 Å². The highest BCUT2D eigenvalue weighted by molar-refractivity contribution is 9.10. The third-order valence-corrected chi connectivity index (χ3v) is 4.38. The van der Waals surface area contributed by atoms with Crippen LogP contribution in [0.3, 0.4) is 0 Å². The van der Waals surface area contributed by atoms with Crippen LogP contribution in [0.25, 0.3) is 0 Å². The molecule has 2 aromatic rings. The summed E-state index contributed by atoms with van der Waals surface area (Å²) < 4.78 is 0.876. The largest absolute Gasteiger partial charge is 0.321 e. The highest BCUT2D eigenvalue weighted by atomic mass is 79.9. The molecule has 1 heterocycles. The zero-order valence-corrected chi connectivity index (χ0v) is 13.6. The van der Waals surface area contributed by atoms with Gasteiger partial charge in [-0.2, -0.15) is 0 Å². The molecule has 0 fully saturated rings. The van der Waals surface area contributed by atoms with Crippen molar-refractivity contribution in [2.24, 2.45) is 0 Å². The van der Waals surface area contributed by atoms with Crippen LogP contribution in [0.4, 0.5) is 5.69 Å². The molecule has 0 aromatic heterocycles. The van der Waals surface area contributed by atoms with Crippen LogP contribution in [-0.2, 0) is 13.0 Å². The van der Waals surface area contributed by atoms with Gasteiger partial charge in [-0.05, 0) is 48.4 Å². The zero-order chi connectivity index (χ0) is 14.8. The van der Waals surface area contributed by atoms with Gasteiger partial charge < -0.3 is 10.6 Å². The Morgan fingerprint density at radius 1 is 1.29 bits per heavy atom. The van der Waals surface area contributed by atoms with Crippen molar-refractivity contribution in [2.45, 2.75) is 13.0 Å². The number of carbonyl (C=O) groups is 1. The van der Waals surface area contributed by atoms with Gasteiger partial charge in [-0.25, -0.2) is 0 Å². The van der Waals surface area contributed by atoms with Gasteiger partial charge in [0.2, 0.25) is 0 Å². The van der Waals surface area contributed by atoms with Gasteiger partial charge in [-0.3, -0.25) is 4.79 Å². The minimum Gasteiger partial charge on any atom is -0.321 e. The van der Waals surface area contributed by atoms with Crippen molar-refractivity contribution in [3.63, 3.8) is 0 Å². The van der Waals surface area contributed by atoms with Crippen LogP contribution in [-0.4, -0.2) is 12.5 Å². The molecule has 1 amide bonds. The zero-order valence-electron chi connectivity index (χ0n) is 11.2. The summed E-state index contributed by atoms with van der Waals surface area (Å²) in [7, 11) is 0. The van der Waals surface area contributed by atoms with Crippen molar-refractivity contribution in [1.29, 1.82) is 0 Å². The first-order valence-corrected chi connectivity index (χ1v) is 7.90. The SMILES string of the molecule is O=C(Nc1cc(Br)ccc1Cl)c1cccc2c1CCNC2. The van der Waals surface area contributed by atoms with E-state index in [1.54, 1.807) is 12.1 Å². The summed E-state index contributed by atoms with van der Waals surface area (Å²) in [5, 5.41) is 6.74. The van der Waals surface area contributed by atoms with Crippen molar-refractivity contribution >= 4 is 39.1 Å². The van der Waals surface area contributed by atoms with Gasteiger partial charge in [-0.1, -0.05) is 39.7 Å². The summed E-state index contributed by atoms with van der Waals surface area (Å²) >= 11 is 9.51. The number of carbonyl (C=O) groups excluding carboxylic acids is 1. The summed E-state index contributed by atoms with van der Waals surface area (Å²) in [5.74, 6) is -0.117. The average molecular weight is 366 g/mol. The number of halogens is 2. The van der Waals surface area contributed by atoms with E-state index in [9.17, 15) is 4.79 Å². The maximum atomic E-state index is 12.5. The molecular formula is C16H14BrClN2O. The topological polar surface area (TPSA) is 41.1 Å². The second-order valence-corrected chi connectivity index (χ2v) is 6.27. The van der Waals surface area contributed by atoms with Gasteiger partial charge in [0.05, 0.1) is 10.7 Å². The van der Waals surface area contributed by atoms with Gasteiger partial charge in [-0.15, -0.1) is 0 Å². The fraction of sp³-hybridized carbons (Fsp3) is 0.188. The predicted octanol–water partition coefficient (Wildman–Crippen LogP) is 4.00. The van der Waals surface area contributed by atoms with Gasteiger partial charge in [0.15, 0.2) is 0 Å². The van der Waals surface area contributed by atoms with E-state index in [1.807, 2.05) is 18.2 Å². The summed E-state index contributed by atoms with van der Waals surface area (Å²) in [6.07, 6.45) is 0.866. The molecule has 2 N–H and O–H groups in total. The second-order valence-electron chi connectivity index (χ2n) is 4.95. The van der Waals surface area contributed by atoms with E-state index in [0.717, 1.165) is 35.1 Å². The number of hydrogen-bond donors (Lipinski definition) is 2. The normalized spacial score (nSPS) is 13.6. The van der Waals surface area contributed by atoms with Crippen molar-refractivity contribution in [2.75, 3.05) is 11.9 Å². The van der Waals surface area contributed by atoms with Crippen LogP contribution in [0, 0.1) is 0 Å². The number of nitrogens with one attached hydrogen (secondary N) is 2. The van der Waals surface area contributed by atoms with Crippen molar-refractivity contribution in [3.8, 4) is 0 Å². The minimum atomic E-state index is -0.117. The maximum absolute atomic E-state index is 12.5. The number of amides is 1. The van der Waals surface area contributed by atoms with E-state index in [4.69, 9.17) is 11.6 Å². The molecule has 5 heteroatoms. The molecular weight excluding hydrogens is 352 g/mol. The smallest absolute Gasteiger partial charge is 0.255 e. The van der Waals surface area contributed by atoms with Gasteiger partial charge in [0.25, 0.3) is 5.91 Å². The lowest BCUT2D eigenvalue weighted by Gasteiger charge is -2.20. The summed E-state index contributed by atoms with van der Waals surface area (Å²) in [6, 6.07) is 11.2. The lowest BCUT2D eigenvalue weighted by molar-refractivity contribution is 0.102. The highest BCUT2D eigenvalue weighted by Gasteiger charge is 2.18. The standard InChI is InChI=1S/C16H14BrClN2O/c17-11-4-5-14(18)15(8-11)20-16(21)13-3-1-2-10-9-19-7-6-12(10)13/h1-5,8,19H,6-7,9H2,(H,20,21). The average Bonchev–Trinajstić information content (AvgIpc) is 2.50. The molecule has 0 bridgehead atoms. The first kappa shape index (κ1) is 14.6. The van der Waals surface area contributed by atoms with Crippen LogP contribution >= 0.6 is 27.5 Å². The molecule has 0 saturated heterocycles. The van der Waals surface area contributed by atoms with Crippen LogP contribution in [0.5, 0.6) is 0 Å². The lowest BCUT2D eigenvalue weighted by Crippen LogP contribution is -2.26. The first-order chi connectivity index (χ1) is 10.1. The van der Waals surface area contributed by atoms with Gasteiger partial charge >= 0.3 is 0 Å². The summed E-state index contributed by atoms with van der Waals surface area (Å²) in [5.41, 5.74) is 3.65. The van der Waals surface area contributed by atoms with Crippen LogP contribution < -0.4 is 10.6 Å². The van der Waals surface area contributed by atoms with Crippen molar-refractivity contribution < 1.29 is 4.79 Å². The molecule has 2 aromatic carbocycles. The van der Waals surface area contributed by atoms with Gasteiger partial charge in [0.1, 0.15) is 0 Å². The monoisotopic (exact) mass is 364 g/mol. The molecule has 108 valence electrons. The number of anilines is 1.